The van der Waals surface area contributed by atoms with Crippen LogP contribution < -0.4 is 16.3 Å². The molecule has 2 aromatic heterocycles. The van der Waals surface area contributed by atoms with Crippen LogP contribution >= 0.6 is 23.2 Å². The van der Waals surface area contributed by atoms with Crippen molar-refractivity contribution in [3.63, 3.8) is 0 Å². The van der Waals surface area contributed by atoms with Gasteiger partial charge in [0.25, 0.3) is 0 Å². The van der Waals surface area contributed by atoms with Crippen LogP contribution in [0.25, 0.3) is 21.9 Å². The first kappa shape index (κ1) is 21.0. The molecule has 34 heavy (non-hydrogen) atoms. The van der Waals surface area contributed by atoms with Crippen molar-refractivity contribution in [2.45, 2.75) is 19.8 Å². The van der Waals surface area contributed by atoms with Gasteiger partial charge >= 0.3 is 0 Å². The molecule has 1 aliphatic heterocycles. The summed E-state index contributed by atoms with van der Waals surface area (Å²) in [5, 5.41) is 14.2. The molecule has 2 N–H and O–H groups in total. The van der Waals surface area contributed by atoms with Gasteiger partial charge in [0.05, 0.1) is 28.1 Å². The molecule has 0 saturated carbocycles. The lowest BCUT2D eigenvalue weighted by atomic mass is 9.82. The molecule has 0 aliphatic carbocycles. The largest absolute Gasteiger partial charge is 0.440 e. The second-order valence-corrected chi connectivity index (χ2v) is 9.46. The zero-order valence-electron chi connectivity index (χ0n) is 18.3. The standard InChI is InChI=1S/C27H18Cl2N2O3/c1-12-3-7-19-16(9-12)24-22(26(30)33-19)21(15-6-5-14(28)11-18(15)29)23-25(32)17-10-13(2)4-8-20(17)34-27(23)31-24/h3-11,21,30-31H,1-2H3. The average molecular weight is 489 g/mol. The van der Waals surface area contributed by atoms with Gasteiger partial charge in [-0.05, 0) is 55.8 Å². The van der Waals surface area contributed by atoms with Crippen LogP contribution in [0.2, 0.25) is 10.0 Å². The number of hydrogen-bond acceptors (Lipinski definition) is 5. The smallest absolute Gasteiger partial charge is 0.218 e. The number of anilines is 2. The molecule has 0 bridgehead atoms. The molecule has 0 fully saturated rings. The first-order valence-corrected chi connectivity index (χ1v) is 11.5. The van der Waals surface area contributed by atoms with Crippen molar-refractivity contribution in [1.29, 1.82) is 5.41 Å². The predicted octanol–water partition coefficient (Wildman–Crippen LogP) is 7.18. The van der Waals surface area contributed by atoms with Crippen LogP contribution in [0, 0.1) is 19.3 Å². The third-order valence-corrected chi connectivity index (χ3v) is 6.86. The fourth-order valence-electron chi connectivity index (χ4n) is 4.74. The van der Waals surface area contributed by atoms with E-state index in [9.17, 15) is 4.79 Å². The maximum Gasteiger partial charge on any atom is 0.218 e. The topological polar surface area (TPSA) is 79.2 Å². The molecule has 7 heteroatoms. The summed E-state index contributed by atoms with van der Waals surface area (Å²) in [6.07, 6.45) is 0. The van der Waals surface area contributed by atoms with Crippen LogP contribution in [0.3, 0.4) is 0 Å². The Labute approximate surface area is 204 Å². The van der Waals surface area contributed by atoms with Gasteiger partial charge < -0.3 is 14.2 Å². The Kier molecular flexibility index (Phi) is 4.63. The Balaban J connectivity index is 1.79. The molecule has 0 spiro atoms. The number of hydrogen-bond donors (Lipinski definition) is 2. The molecular formula is C27H18Cl2N2O3. The second-order valence-electron chi connectivity index (χ2n) is 8.62. The van der Waals surface area contributed by atoms with Crippen molar-refractivity contribution < 1.29 is 8.83 Å². The molecule has 0 saturated heterocycles. The lowest BCUT2D eigenvalue weighted by molar-refractivity contribution is 0.518. The Morgan fingerprint density at radius 3 is 2.24 bits per heavy atom. The summed E-state index contributed by atoms with van der Waals surface area (Å²) in [4.78, 5) is 13.9. The lowest BCUT2D eigenvalue weighted by Gasteiger charge is -2.29. The van der Waals surface area contributed by atoms with Crippen molar-refractivity contribution >= 4 is 56.7 Å². The number of rotatable bonds is 1. The molecule has 5 aromatic rings. The molecule has 3 heterocycles. The van der Waals surface area contributed by atoms with E-state index in [-0.39, 0.29) is 11.0 Å². The van der Waals surface area contributed by atoms with Gasteiger partial charge in [0, 0.05) is 15.4 Å². The van der Waals surface area contributed by atoms with Crippen LogP contribution in [0.15, 0.2) is 68.2 Å². The Bertz CT molecular complexity index is 1780. The highest BCUT2D eigenvalue weighted by Gasteiger charge is 2.36. The van der Waals surface area contributed by atoms with Crippen molar-refractivity contribution in [1.82, 2.24) is 0 Å². The number of halogens is 2. The van der Waals surface area contributed by atoms with Crippen molar-refractivity contribution in [3.8, 4) is 0 Å². The fourth-order valence-corrected chi connectivity index (χ4v) is 5.26. The van der Waals surface area contributed by atoms with Crippen LogP contribution in [-0.4, -0.2) is 0 Å². The molecular weight excluding hydrogens is 471 g/mol. The number of fused-ring (bicyclic) bond motifs is 5. The second kappa shape index (κ2) is 7.49. The van der Waals surface area contributed by atoms with Crippen LogP contribution in [0.4, 0.5) is 11.6 Å². The maximum atomic E-state index is 13.9. The highest BCUT2D eigenvalue weighted by molar-refractivity contribution is 6.35. The SMILES string of the molecule is Cc1ccc2oc(=N)c3c(c2c1)Nc1oc2ccc(C)cc2c(=O)c1C3c1ccc(Cl)cc1Cl. The van der Waals surface area contributed by atoms with Crippen LogP contribution in [-0.2, 0) is 0 Å². The van der Waals surface area contributed by atoms with Gasteiger partial charge in [0.2, 0.25) is 11.4 Å². The van der Waals surface area contributed by atoms with E-state index >= 15 is 0 Å². The van der Waals surface area contributed by atoms with E-state index in [0.29, 0.717) is 54.9 Å². The van der Waals surface area contributed by atoms with Crippen molar-refractivity contribution in [2.75, 3.05) is 5.32 Å². The Hall–Kier alpha value is -3.54. The molecule has 1 atom stereocenters. The third kappa shape index (κ3) is 3.08. The zero-order chi connectivity index (χ0) is 23.7. The Morgan fingerprint density at radius 1 is 0.853 bits per heavy atom. The molecule has 5 nitrogen and oxygen atoms in total. The first-order chi connectivity index (χ1) is 16.3. The molecule has 0 amide bonds. The molecule has 1 aliphatic rings. The van der Waals surface area contributed by atoms with Gasteiger partial charge in [-0.15, -0.1) is 0 Å². The fraction of sp³-hybridized carbons (Fsp3) is 0.111. The first-order valence-electron chi connectivity index (χ1n) is 10.7. The average Bonchev–Trinajstić information content (AvgIpc) is 2.79. The van der Waals surface area contributed by atoms with Gasteiger partial charge in [0.1, 0.15) is 11.2 Å². The van der Waals surface area contributed by atoms with Gasteiger partial charge in [0.15, 0.2) is 5.43 Å². The van der Waals surface area contributed by atoms with E-state index in [2.05, 4.69) is 5.32 Å². The quantitative estimate of drug-likeness (QED) is 0.256. The minimum absolute atomic E-state index is 0.0516. The van der Waals surface area contributed by atoms with Gasteiger partial charge in [-0.2, -0.15) is 0 Å². The molecule has 0 radical (unpaired) electrons. The van der Waals surface area contributed by atoms with E-state index in [0.717, 1.165) is 16.5 Å². The monoisotopic (exact) mass is 488 g/mol. The van der Waals surface area contributed by atoms with Crippen LogP contribution in [0.5, 0.6) is 0 Å². The maximum absolute atomic E-state index is 13.9. The minimum Gasteiger partial charge on any atom is -0.440 e. The number of aryl methyl sites for hydroxylation is 2. The summed E-state index contributed by atoms with van der Waals surface area (Å²) < 4.78 is 12.2. The molecule has 168 valence electrons. The highest BCUT2D eigenvalue weighted by Crippen LogP contribution is 2.47. The van der Waals surface area contributed by atoms with E-state index in [4.69, 9.17) is 37.4 Å². The van der Waals surface area contributed by atoms with E-state index in [1.165, 1.54) is 0 Å². The predicted molar refractivity (Wildman–Crippen MR) is 135 cm³/mol. The molecule has 3 aromatic carbocycles. The summed E-state index contributed by atoms with van der Waals surface area (Å²) in [5.74, 6) is -0.350. The number of nitrogens with one attached hydrogen (secondary N) is 2. The highest BCUT2D eigenvalue weighted by atomic mass is 35.5. The normalized spacial score (nSPS) is 14.6. The van der Waals surface area contributed by atoms with Crippen molar-refractivity contribution in [3.05, 3.63) is 108 Å². The van der Waals surface area contributed by atoms with E-state index in [1.807, 2.05) is 44.2 Å². The summed E-state index contributed by atoms with van der Waals surface area (Å²) in [6.45, 7) is 3.91. The van der Waals surface area contributed by atoms with E-state index < -0.39 is 5.92 Å². The minimum atomic E-state index is -0.682. The molecule has 1 unspecified atom stereocenters. The summed E-state index contributed by atoms with van der Waals surface area (Å²) in [6, 6.07) is 16.4. The third-order valence-electron chi connectivity index (χ3n) is 6.30. The summed E-state index contributed by atoms with van der Waals surface area (Å²) in [7, 11) is 0. The van der Waals surface area contributed by atoms with Crippen LogP contribution in [0.1, 0.15) is 33.7 Å². The zero-order valence-corrected chi connectivity index (χ0v) is 19.8. The van der Waals surface area contributed by atoms with Gasteiger partial charge in [-0.25, -0.2) is 0 Å². The van der Waals surface area contributed by atoms with Crippen molar-refractivity contribution in [2.24, 2.45) is 0 Å². The van der Waals surface area contributed by atoms with Gasteiger partial charge in [-0.1, -0.05) is 52.5 Å². The lowest BCUT2D eigenvalue weighted by Crippen LogP contribution is -2.28. The Morgan fingerprint density at radius 2 is 1.53 bits per heavy atom. The number of benzene rings is 3. The van der Waals surface area contributed by atoms with Gasteiger partial charge in [-0.3, -0.25) is 10.2 Å². The summed E-state index contributed by atoms with van der Waals surface area (Å²) in [5.41, 5.74) is 5.00. The molecule has 6 rings (SSSR count). The summed E-state index contributed by atoms with van der Waals surface area (Å²) >= 11 is 12.8. The van der Waals surface area contributed by atoms with E-state index in [1.54, 1.807) is 24.3 Å².